The number of anilines is 1. The zero-order valence-corrected chi connectivity index (χ0v) is 15.8. The van der Waals surface area contributed by atoms with Crippen LogP contribution in [0, 0.1) is 0 Å². The van der Waals surface area contributed by atoms with Gasteiger partial charge in [0.25, 0.3) is 0 Å². The fraction of sp³-hybridized carbons (Fsp3) is 0.222. The molecule has 1 heterocycles. The second-order valence-corrected chi connectivity index (χ2v) is 6.82. The summed E-state index contributed by atoms with van der Waals surface area (Å²) in [6.07, 6.45) is 1.41. The van der Waals surface area contributed by atoms with Crippen LogP contribution < -0.4 is 14.4 Å². The van der Waals surface area contributed by atoms with Crippen molar-refractivity contribution in [3.63, 3.8) is 0 Å². The number of rotatable bonds is 5. The van der Waals surface area contributed by atoms with Gasteiger partial charge in [-0.2, -0.15) is 0 Å². The van der Waals surface area contributed by atoms with E-state index in [1.54, 1.807) is 29.2 Å². The number of carbonyl (C=O) groups is 2. The smallest absolute Gasteiger partial charge is 0.349 e. The number of hydrogen-bond acceptors (Lipinski definition) is 4. The highest BCUT2D eigenvalue weighted by Gasteiger charge is 2.21. The number of nitrogens with zero attached hydrogens (tertiary/aromatic N) is 1. The molecule has 1 saturated heterocycles. The summed E-state index contributed by atoms with van der Waals surface area (Å²) in [7, 11) is 0. The largest absolute Gasteiger partial charge is 0.480 e. The number of amides is 1. The summed E-state index contributed by atoms with van der Waals surface area (Å²) in [5.74, 6) is 0.0916. The van der Waals surface area contributed by atoms with Gasteiger partial charge in [-0.1, -0.05) is 34.8 Å². The summed E-state index contributed by atoms with van der Waals surface area (Å²) >= 11 is 17.7. The number of ether oxygens (including phenoxy) is 2. The van der Waals surface area contributed by atoms with Crippen molar-refractivity contribution >= 4 is 52.4 Å². The highest BCUT2D eigenvalue weighted by Crippen LogP contribution is 2.33. The molecular formula is C18H14Cl3NO4. The van der Waals surface area contributed by atoms with E-state index in [0.717, 1.165) is 12.1 Å². The maximum atomic E-state index is 11.9. The summed E-state index contributed by atoms with van der Waals surface area (Å²) in [4.78, 5) is 25.4. The molecule has 0 unspecified atom stereocenters. The molecule has 1 fully saturated rings. The third kappa shape index (κ3) is 4.41. The van der Waals surface area contributed by atoms with Crippen molar-refractivity contribution in [2.75, 3.05) is 18.1 Å². The highest BCUT2D eigenvalue weighted by molar-refractivity contribution is 6.43. The molecule has 8 heteroatoms. The molecule has 0 bridgehead atoms. The van der Waals surface area contributed by atoms with Crippen LogP contribution in [0.25, 0.3) is 0 Å². The van der Waals surface area contributed by atoms with Gasteiger partial charge in [0.2, 0.25) is 5.91 Å². The molecule has 0 N–H and O–H groups in total. The van der Waals surface area contributed by atoms with Gasteiger partial charge in [-0.15, -0.1) is 0 Å². The van der Waals surface area contributed by atoms with E-state index in [9.17, 15) is 9.59 Å². The van der Waals surface area contributed by atoms with Crippen LogP contribution in [0.15, 0.2) is 36.4 Å². The average molecular weight is 415 g/mol. The molecule has 0 spiro atoms. The second-order valence-electron chi connectivity index (χ2n) is 5.60. The maximum absolute atomic E-state index is 11.9. The fourth-order valence-electron chi connectivity index (χ4n) is 2.53. The van der Waals surface area contributed by atoms with Crippen molar-refractivity contribution in [2.45, 2.75) is 12.8 Å². The Balaban J connectivity index is 1.56. The van der Waals surface area contributed by atoms with E-state index in [1.165, 1.54) is 12.1 Å². The first-order valence-corrected chi connectivity index (χ1v) is 8.96. The summed E-state index contributed by atoms with van der Waals surface area (Å²) in [5.41, 5.74) is 0.783. The van der Waals surface area contributed by atoms with Gasteiger partial charge in [0.05, 0.1) is 15.1 Å². The number of esters is 1. The minimum Gasteiger partial charge on any atom is -0.480 e. The molecule has 0 aromatic heterocycles. The van der Waals surface area contributed by atoms with Crippen LogP contribution in [-0.4, -0.2) is 25.0 Å². The zero-order chi connectivity index (χ0) is 18.7. The van der Waals surface area contributed by atoms with Crippen LogP contribution in [0.3, 0.4) is 0 Å². The van der Waals surface area contributed by atoms with E-state index in [1.807, 2.05) is 0 Å². The minimum atomic E-state index is -0.600. The topological polar surface area (TPSA) is 55.8 Å². The molecule has 1 aliphatic rings. The van der Waals surface area contributed by atoms with Crippen molar-refractivity contribution in [1.29, 1.82) is 0 Å². The van der Waals surface area contributed by atoms with Gasteiger partial charge >= 0.3 is 5.97 Å². The zero-order valence-electron chi connectivity index (χ0n) is 13.5. The van der Waals surface area contributed by atoms with Gasteiger partial charge < -0.3 is 14.4 Å². The van der Waals surface area contributed by atoms with Gasteiger partial charge in [0.15, 0.2) is 6.61 Å². The summed E-state index contributed by atoms with van der Waals surface area (Å²) in [6.45, 7) is 0.361. The Morgan fingerprint density at radius 3 is 2.38 bits per heavy atom. The molecule has 136 valence electrons. The van der Waals surface area contributed by atoms with Crippen molar-refractivity contribution < 1.29 is 19.1 Å². The first-order chi connectivity index (χ1) is 12.4. The fourth-order valence-corrected chi connectivity index (χ4v) is 3.12. The van der Waals surface area contributed by atoms with Gasteiger partial charge in [-0.25, -0.2) is 4.79 Å². The van der Waals surface area contributed by atoms with Gasteiger partial charge in [0, 0.05) is 24.7 Å². The second kappa shape index (κ2) is 8.16. The minimum absolute atomic E-state index is 0.0987. The first kappa shape index (κ1) is 18.8. The quantitative estimate of drug-likeness (QED) is 0.402. The standard InChI is InChI=1S/C18H14Cl3NO4/c19-13-8-15(21)16(9-14(13)20)25-10-18(24)26-12-5-3-11(4-6-12)22-7-1-2-17(22)23/h3-6,8-9H,1-2,7,10H2. The Morgan fingerprint density at radius 2 is 1.73 bits per heavy atom. The van der Waals surface area contributed by atoms with Crippen molar-refractivity contribution in [3.8, 4) is 11.5 Å². The number of benzene rings is 2. The predicted octanol–water partition coefficient (Wildman–Crippen LogP) is 4.76. The summed E-state index contributed by atoms with van der Waals surface area (Å²) in [6, 6.07) is 9.60. The lowest BCUT2D eigenvalue weighted by Gasteiger charge is -2.15. The molecule has 26 heavy (non-hydrogen) atoms. The Morgan fingerprint density at radius 1 is 1.04 bits per heavy atom. The summed E-state index contributed by atoms with van der Waals surface area (Å²) < 4.78 is 10.5. The Hall–Kier alpha value is -1.95. The number of carbonyl (C=O) groups excluding carboxylic acids is 2. The lowest BCUT2D eigenvalue weighted by atomic mass is 10.3. The molecule has 0 aliphatic carbocycles. The normalized spacial score (nSPS) is 13.8. The van der Waals surface area contributed by atoms with Crippen LogP contribution in [0.4, 0.5) is 5.69 Å². The monoisotopic (exact) mass is 413 g/mol. The molecule has 1 aliphatic heterocycles. The first-order valence-electron chi connectivity index (χ1n) is 7.82. The van der Waals surface area contributed by atoms with Gasteiger partial charge in [-0.3, -0.25) is 4.79 Å². The Labute approximate surface area is 165 Å². The number of hydrogen-bond donors (Lipinski definition) is 0. The van der Waals surface area contributed by atoms with Crippen LogP contribution in [0.5, 0.6) is 11.5 Å². The molecule has 5 nitrogen and oxygen atoms in total. The lowest BCUT2D eigenvalue weighted by molar-refractivity contribution is -0.136. The van der Waals surface area contributed by atoms with E-state index in [2.05, 4.69) is 0 Å². The SMILES string of the molecule is O=C(COc1cc(Cl)c(Cl)cc1Cl)Oc1ccc(N2CCCC2=O)cc1. The van der Waals surface area contributed by atoms with Crippen LogP contribution in [0.1, 0.15) is 12.8 Å². The van der Waals surface area contributed by atoms with E-state index >= 15 is 0 Å². The summed E-state index contributed by atoms with van der Waals surface area (Å²) in [5, 5.41) is 0.807. The molecule has 0 atom stereocenters. The third-order valence-corrected chi connectivity index (χ3v) is 4.79. The van der Waals surface area contributed by atoms with E-state index in [4.69, 9.17) is 44.3 Å². The lowest BCUT2D eigenvalue weighted by Crippen LogP contribution is -2.23. The van der Waals surface area contributed by atoms with Crippen LogP contribution >= 0.6 is 34.8 Å². The van der Waals surface area contributed by atoms with Crippen molar-refractivity contribution in [1.82, 2.24) is 0 Å². The third-order valence-electron chi connectivity index (χ3n) is 3.77. The molecule has 3 rings (SSSR count). The molecule has 1 amide bonds. The van der Waals surface area contributed by atoms with Gasteiger partial charge in [0.1, 0.15) is 11.5 Å². The van der Waals surface area contributed by atoms with Crippen molar-refractivity contribution in [2.24, 2.45) is 0 Å². The number of halogens is 3. The van der Waals surface area contributed by atoms with Crippen LogP contribution in [-0.2, 0) is 9.59 Å². The molecule has 2 aromatic carbocycles. The maximum Gasteiger partial charge on any atom is 0.349 e. The van der Waals surface area contributed by atoms with E-state index < -0.39 is 5.97 Å². The Bertz CT molecular complexity index is 839. The predicted molar refractivity (Wildman–Crippen MR) is 101 cm³/mol. The van der Waals surface area contributed by atoms with E-state index in [0.29, 0.717) is 23.7 Å². The average Bonchev–Trinajstić information content (AvgIpc) is 3.04. The highest BCUT2D eigenvalue weighted by atomic mass is 35.5. The van der Waals surface area contributed by atoms with Gasteiger partial charge in [-0.05, 0) is 36.8 Å². The molecule has 0 radical (unpaired) electrons. The molecular weight excluding hydrogens is 401 g/mol. The Kier molecular flexibility index (Phi) is 5.91. The molecule has 2 aromatic rings. The molecule has 0 saturated carbocycles. The van der Waals surface area contributed by atoms with E-state index in [-0.39, 0.29) is 28.3 Å². The van der Waals surface area contributed by atoms with Crippen LogP contribution in [0.2, 0.25) is 15.1 Å². The van der Waals surface area contributed by atoms with Crippen molar-refractivity contribution in [3.05, 3.63) is 51.5 Å².